The van der Waals surface area contributed by atoms with Gasteiger partial charge in [-0.3, -0.25) is 4.79 Å². The first-order valence-corrected chi connectivity index (χ1v) is 6.14. The molecule has 0 radical (unpaired) electrons. The highest BCUT2D eigenvalue weighted by Crippen LogP contribution is 2.29. The van der Waals surface area contributed by atoms with Crippen molar-refractivity contribution in [2.75, 3.05) is 0 Å². The van der Waals surface area contributed by atoms with Crippen molar-refractivity contribution in [2.24, 2.45) is 10.2 Å². The molecule has 1 aliphatic rings. The van der Waals surface area contributed by atoms with Crippen LogP contribution in [0.15, 0.2) is 64.8 Å². The van der Waals surface area contributed by atoms with Gasteiger partial charge in [-0.15, -0.1) is 10.2 Å². The number of nitrogens with zero attached hydrogens (tertiary/aromatic N) is 2. The van der Waals surface area contributed by atoms with E-state index in [2.05, 4.69) is 16.3 Å². The van der Waals surface area contributed by atoms with Crippen molar-refractivity contribution in [1.29, 1.82) is 0 Å². The fraction of sp³-hybridized carbons (Fsp3) is 0.0625. The van der Waals surface area contributed by atoms with Crippen molar-refractivity contribution in [1.82, 2.24) is 0 Å². The van der Waals surface area contributed by atoms with E-state index in [1.807, 2.05) is 54.6 Å². The molecule has 0 N–H and O–H groups in total. The number of allylic oxidation sites excluding steroid dienone is 1. The predicted octanol–water partition coefficient (Wildman–Crippen LogP) is 4.18. The van der Waals surface area contributed by atoms with Crippen LogP contribution < -0.4 is 0 Å². The van der Waals surface area contributed by atoms with Crippen LogP contribution >= 0.6 is 0 Å². The molecule has 2 aromatic carbocycles. The Kier molecular flexibility index (Phi) is 3.02. The highest BCUT2D eigenvalue weighted by Gasteiger charge is 2.20. The third kappa shape index (κ3) is 2.36. The van der Waals surface area contributed by atoms with Crippen molar-refractivity contribution < 1.29 is 4.79 Å². The highest BCUT2D eigenvalue weighted by molar-refractivity contribution is 6.03. The van der Waals surface area contributed by atoms with Crippen LogP contribution in [0.4, 0.5) is 5.69 Å². The molecule has 0 aliphatic carbocycles. The van der Waals surface area contributed by atoms with Gasteiger partial charge < -0.3 is 0 Å². The largest absolute Gasteiger partial charge is 0.297 e. The standard InChI is InChI=1S/C16H12N2O/c19-16-15-13(10-5-11-14(15)17-18-16)9-4-8-12-6-2-1-3-7-12/h1-8,10-11H,9H2. The van der Waals surface area contributed by atoms with E-state index in [9.17, 15) is 4.79 Å². The topological polar surface area (TPSA) is 41.8 Å². The first-order chi connectivity index (χ1) is 9.34. The summed E-state index contributed by atoms with van der Waals surface area (Å²) in [5, 5.41) is 7.45. The number of carbonyl (C=O) groups excluding carboxylic acids is 1. The smallest absolute Gasteiger partial charge is 0.265 e. The molecule has 3 nitrogen and oxygen atoms in total. The minimum atomic E-state index is -0.237. The fourth-order valence-electron chi connectivity index (χ4n) is 2.12. The molecule has 3 heteroatoms. The van der Waals surface area contributed by atoms with E-state index >= 15 is 0 Å². The Labute approximate surface area is 111 Å². The summed E-state index contributed by atoms with van der Waals surface area (Å²) in [5.41, 5.74) is 3.44. The fourth-order valence-corrected chi connectivity index (χ4v) is 2.12. The van der Waals surface area contributed by atoms with Crippen LogP contribution in [0, 0.1) is 0 Å². The average molecular weight is 248 g/mol. The van der Waals surface area contributed by atoms with E-state index in [1.54, 1.807) is 0 Å². The number of carbonyl (C=O) groups is 1. The number of rotatable bonds is 3. The SMILES string of the molecule is O=C1N=Nc2cccc(CC=Cc3ccccc3)c21. The minimum absolute atomic E-state index is 0.237. The normalized spacial score (nSPS) is 13.2. The monoisotopic (exact) mass is 248 g/mol. The van der Waals surface area contributed by atoms with Gasteiger partial charge in [0.05, 0.1) is 11.3 Å². The Morgan fingerprint density at radius 2 is 1.79 bits per heavy atom. The van der Waals surface area contributed by atoms with Gasteiger partial charge in [-0.05, 0) is 23.6 Å². The molecule has 0 aromatic heterocycles. The van der Waals surface area contributed by atoms with E-state index in [4.69, 9.17) is 0 Å². The summed E-state index contributed by atoms with van der Waals surface area (Å²) in [4.78, 5) is 11.6. The van der Waals surface area contributed by atoms with Gasteiger partial charge in [0.2, 0.25) is 0 Å². The lowest BCUT2D eigenvalue weighted by Crippen LogP contribution is -1.96. The van der Waals surface area contributed by atoms with Crippen molar-refractivity contribution >= 4 is 17.7 Å². The molecule has 2 aromatic rings. The molecule has 1 heterocycles. The first kappa shape index (κ1) is 11.5. The van der Waals surface area contributed by atoms with E-state index in [1.165, 1.54) is 0 Å². The van der Waals surface area contributed by atoms with Crippen LogP contribution in [0.1, 0.15) is 21.5 Å². The molecule has 1 aliphatic heterocycles. The molecule has 3 rings (SSSR count). The Bertz CT molecular complexity index is 672. The van der Waals surface area contributed by atoms with Crippen LogP contribution in [-0.4, -0.2) is 5.91 Å². The molecular weight excluding hydrogens is 236 g/mol. The minimum Gasteiger partial charge on any atom is -0.265 e. The lowest BCUT2D eigenvalue weighted by molar-refractivity contribution is 0.100. The van der Waals surface area contributed by atoms with Crippen molar-refractivity contribution in [3.8, 4) is 0 Å². The van der Waals surface area contributed by atoms with Crippen LogP contribution in [0.2, 0.25) is 0 Å². The summed E-state index contributed by atoms with van der Waals surface area (Å²) in [5.74, 6) is -0.237. The number of azo groups is 1. The Morgan fingerprint density at radius 1 is 0.947 bits per heavy atom. The maximum atomic E-state index is 11.6. The van der Waals surface area contributed by atoms with Crippen LogP contribution in [0.3, 0.4) is 0 Å². The van der Waals surface area contributed by atoms with Gasteiger partial charge >= 0.3 is 0 Å². The zero-order chi connectivity index (χ0) is 13.1. The van der Waals surface area contributed by atoms with Crippen molar-refractivity contribution in [2.45, 2.75) is 6.42 Å². The third-order valence-corrected chi connectivity index (χ3v) is 3.04. The molecular formula is C16H12N2O. The second kappa shape index (κ2) is 4.98. The first-order valence-electron chi connectivity index (χ1n) is 6.14. The quantitative estimate of drug-likeness (QED) is 0.803. The van der Waals surface area contributed by atoms with Crippen molar-refractivity contribution in [3.63, 3.8) is 0 Å². The maximum Gasteiger partial charge on any atom is 0.297 e. The zero-order valence-corrected chi connectivity index (χ0v) is 10.3. The molecule has 0 spiro atoms. The second-order valence-corrected chi connectivity index (χ2v) is 4.33. The molecule has 92 valence electrons. The van der Waals surface area contributed by atoms with Gasteiger partial charge in [0, 0.05) is 0 Å². The van der Waals surface area contributed by atoms with E-state index in [-0.39, 0.29) is 5.91 Å². The summed E-state index contributed by atoms with van der Waals surface area (Å²) in [6.07, 6.45) is 4.80. The Hall–Kier alpha value is -2.55. The molecule has 0 atom stereocenters. The number of amides is 1. The van der Waals surface area contributed by atoms with Gasteiger partial charge in [-0.1, -0.05) is 54.6 Å². The molecule has 0 fully saturated rings. The van der Waals surface area contributed by atoms with E-state index in [0.29, 0.717) is 17.7 Å². The molecule has 0 saturated heterocycles. The number of hydrogen-bond acceptors (Lipinski definition) is 2. The lowest BCUT2D eigenvalue weighted by atomic mass is 10.0. The molecule has 0 bridgehead atoms. The summed E-state index contributed by atoms with van der Waals surface area (Å²) in [6.45, 7) is 0. The van der Waals surface area contributed by atoms with Crippen molar-refractivity contribution in [3.05, 3.63) is 71.3 Å². The zero-order valence-electron chi connectivity index (χ0n) is 10.3. The number of benzene rings is 2. The van der Waals surface area contributed by atoms with Gasteiger partial charge in [0.25, 0.3) is 5.91 Å². The third-order valence-electron chi connectivity index (χ3n) is 3.04. The molecule has 1 amide bonds. The Balaban J connectivity index is 1.81. The van der Waals surface area contributed by atoms with Gasteiger partial charge in [0.1, 0.15) is 0 Å². The second-order valence-electron chi connectivity index (χ2n) is 4.33. The summed E-state index contributed by atoms with van der Waals surface area (Å²) in [6, 6.07) is 15.7. The summed E-state index contributed by atoms with van der Waals surface area (Å²) < 4.78 is 0. The lowest BCUT2D eigenvalue weighted by Gasteiger charge is -2.01. The molecule has 0 saturated carbocycles. The van der Waals surface area contributed by atoms with Gasteiger partial charge in [-0.25, -0.2) is 0 Å². The molecule has 0 unspecified atom stereocenters. The number of hydrogen-bond donors (Lipinski definition) is 0. The highest BCUT2D eigenvalue weighted by atomic mass is 16.2. The van der Waals surface area contributed by atoms with Crippen LogP contribution in [0.25, 0.3) is 6.08 Å². The molecule has 19 heavy (non-hydrogen) atoms. The number of fused-ring (bicyclic) bond motifs is 1. The Morgan fingerprint density at radius 3 is 2.63 bits per heavy atom. The maximum absolute atomic E-state index is 11.6. The average Bonchev–Trinajstić information content (AvgIpc) is 2.83. The predicted molar refractivity (Wildman–Crippen MR) is 74.5 cm³/mol. The van der Waals surface area contributed by atoms with Crippen LogP contribution in [0.5, 0.6) is 0 Å². The van der Waals surface area contributed by atoms with Gasteiger partial charge in [-0.2, -0.15) is 0 Å². The van der Waals surface area contributed by atoms with Gasteiger partial charge in [0.15, 0.2) is 0 Å². The van der Waals surface area contributed by atoms with Crippen LogP contribution in [-0.2, 0) is 6.42 Å². The van der Waals surface area contributed by atoms with E-state index < -0.39 is 0 Å². The van der Waals surface area contributed by atoms with E-state index in [0.717, 1.165) is 11.1 Å². The summed E-state index contributed by atoms with van der Waals surface area (Å²) in [7, 11) is 0. The summed E-state index contributed by atoms with van der Waals surface area (Å²) >= 11 is 0.